The number of halogens is 2. The van der Waals surface area contributed by atoms with Crippen LogP contribution in [0.25, 0.3) is 0 Å². The SMILES string of the molecule is CON=C(c1ccc(F)cc1)c1ccc(F)cc1. The third-order valence-corrected chi connectivity index (χ3v) is 2.42. The topological polar surface area (TPSA) is 21.6 Å². The second-order valence-corrected chi connectivity index (χ2v) is 3.64. The van der Waals surface area contributed by atoms with Gasteiger partial charge in [0.05, 0.1) is 0 Å². The van der Waals surface area contributed by atoms with Gasteiger partial charge in [-0.15, -0.1) is 0 Å². The normalized spacial score (nSPS) is 9.94. The van der Waals surface area contributed by atoms with Gasteiger partial charge in [-0.2, -0.15) is 0 Å². The second-order valence-electron chi connectivity index (χ2n) is 3.64. The molecule has 0 aromatic heterocycles. The highest BCUT2D eigenvalue weighted by Crippen LogP contribution is 2.13. The Bertz CT molecular complexity index is 500. The van der Waals surface area contributed by atoms with Crippen molar-refractivity contribution < 1.29 is 13.6 Å². The van der Waals surface area contributed by atoms with Crippen LogP contribution in [-0.2, 0) is 4.84 Å². The molecule has 0 saturated heterocycles. The van der Waals surface area contributed by atoms with Crippen molar-refractivity contribution in [2.45, 2.75) is 0 Å². The van der Waals surface area contributed by atoms with Crippen LogP contribution in [0.3, 0.4) is 0 Å². The predicted octanol–water partition coefficient (Wildman–Crippen LogP) is 3.36. The van der Waals surface area contributed by atoms with E-state index >= 15 is 0 Å². The summed E-state index contributed by atoms with van der Waals surface area (Å²) in [4.78, 5) is 4.77. The summed E-state index contributed by atoms with van der Waals surface area (Å²) in [5, 5.41) is 3.90. The Balaban J connectivity index is 2.43. The van der Waals surface area contributed by atoms with Crippen molar-refractivity contribution in [2.75, 3.05) is 7.11 Å². The van der Waals surface area contributed by atoms with E-state index in [2.05, 4.69) is 5.16 Å². The molecular formula is C14H11F2NO. The van der Waals surface area contributed by atoms with E-state index in [4.69, 9.17) is 4.84 Å². The van der Waals surface area contributed by atoms with Crippen LogP contribution in [0.1, 0.15) is 11.1 Å². The van der Waals surface area contributed by atoms with Crippen LogP contribution >= 0.6 is 0 Å². The summed E-state index contributed by atoms with van der Waals surface area (Å²) in [6.45, 7) is 0. The molecule has 0 fully saturated rings. The first kappa shape index (κ1) is 12.2. The highest BCUT2D eigenvalue weighted by Gasteiger charge is 2.08. The maximum Gasteiger partial charge on any atom is 0.123 e. The second kappa shape index (κ2) is 5.40. The average molecular weight is 247 g/mol. The molecule has 0 unspecified atom stereocenters. The summed E-state index contributed by atoms with van der Waals surface area (Å²) >= 11 is 0. The molecule has 2 aromatic carbocycles. The fraction of sp³-hybridized carbons (Fsp3) is 0.0714. The van der Waals surface area contributed by atoms with Gasteiger partial charge in [0, 0.05) is 11.1 Å². The minimum absolute atomic E-state index is 0.324. The van der Waals surface area contributed by atoms with Crippen LogP contribution in [-0.4, -0.2) is 12.8 Å². The van der Waals surface area contributed by atoms with Gasteiger partial charge in [-0.25, -0.2) is 8.78 Å². The van der Waals surface area contributed by atoms with E-state index in [-0.39, 0.29) is 11.6 Å². The first-order valence-electron chi connectivity index (χ1n) is 5.34. The maximum atomic E-state index is 12.9. The van der Waals surface area contributed by atoms with Gasteiger partial charge >= 0.3 is 0 Å². The Kier molecular flexibility index (Phi) is 3.67. The summed E-state index contributed by atoms with van der Waals surface area (Å²) in [5.41, 5.74) is 1.92. The number of hydrogen-bond acceptors (Lipinski definition) is 2. The highest BCUT2D eigenvalue weighted by molar-refractivity contribution is 6.12. The van der Waals surface area contributed by atoms with Crippen LogP contribution in [0.2, 0.25) is 0 Å². The molecule has 0 aliphatic carbocycles. The van der Waals surface area contributed by atoms with Crippen LogP contribution in [0.5, 0.6) is 0 Å². The van der Waals surface area contributed by atoms with Crippen LogP contribution in [0, 0.1) is 11.6 Å². The Hall–Kier alpha value is -2.23. The minimum atomic E-state index is -0.324. The summed E-state index contributed by atoms with van der Waals surface area (Å²) < 4.78 is 25.7. The van der Waals surface area contributed by atoms with Crippen LogP contribution in [0.4, 0.5) is 8.78 Å². The number of rotatable bonds is 3. The summed E-state index contributed by atoms with van der Waals surface area (Å²) in [6.07, 6.45) is 0. The molecule has 18 heavy (non-hydrogen) atoms. The van der Waals surface area contributed by atoms with Gasteiger partial charge in [0.1, 0.15) is 24.5 Å². The number of hydrogen-bond donors (Lipinski definition) is 0. The van der Waals surface area contributed by atoms with Crippen LogP contribution in [0.15, 0.2) is 53.7 Å². The minimum Gasteiger partial charge on any atom is -0.399 e. The lowest BCUT2D eigenvalue weighted by molar-refractivity contribution is 0.214. The molecule has 0 radical (unpaired) electrons. The Morgan fingerprint density at radius 3 is 1.56 bits per heavy atom. The molecule has 0 saturated carbocycles. The third kappa shape index (κ3) is 2.71. The van der Waals surface area contributed by atoms with Gasteiger partial charge in [-0.05, 0) is 48.5 Å². The first-order chi connectivity index (χ1) is 8.70. The standard InChI is InChI=1S/C14H11F2NO/c1-18-17-14(10-2-6-12(15)7-3-10)11-4-8-13(16)9-5-11/h2-9H,1H3. The smallest absolute Gasteiger partial charge is 0.123 e. The predicted molar refractivity (Wildman–Crippen MR) is 65.4 cm³/mol. The Morgan fingerprint density at radius 2 is 1.22 bits per heavy atom. The molecule has 0 bridgehead atoms. The van der Waals surface area contributed by atoms with Gasteiger partial charge in [0.2, 0.25) is 0 Å². The van der Waals surface area contributed by atoms with Crippen molar-refractivity contribution in [1.29, 1.82) is 0 Å². The van der Waals surface area contributed by atoms with E-state index in [1.54, 1.807) is 24.3 Å². The fourth-order valence-electron chi connectivity index (χ4n) is 1.58. The largest absolute Gasteiger partial charge is 0.399 e. The lowest BCUT2D eigenvalue weighted by atomic mass is 10.0. The average Bonchev–Trinajstić information content (AvgIpc) is 2.39. The van der Waals surface area contributed by atoms with Gasteiger partial charge in [0.25, 0.3) is 0 Å². The molecule has 4 heteroatoms. The lowest BCUT2D eigenvalue weighted by Gasteiger charge is -2.06. The van der Waals surface area contributed by atoms with E-state index in [1.165, 1.54) is 31.4 Å². The molecule has 0 N–H and O–H groups in total. The maximum absolute atomic E-state index is 12.9. The zero-order chi connectivity index (χ0) is 13.0. The summed E-state index contributed by atoms with van der Waals surface area (Å²) in [7, 11) is 1.42. The van der Waals surface area contributed by atoms with Crippen molar-refractivity contribution in [3.05, 3.63) is 71.3 Å². The number of oxime groups is 1. The van der Waals surface area contributed by atoms with Gasteiger partial charge in [-0.3, -0.25) is 0 Å². The molecule has 0 spiro atoms. The molecule has 2 rings (SSSR count). The third-order valence-electron chi connectivity index (χ3n) is 2.42. The van der Waals surface area contributed by atoms with E-state index < -0.39 is 0 Å². The van der Waals surface area contributed by atoms with E-state index in [0.29, 0.717) is 16.8 Å². The molecule has 0 aliphatic heterocycles. The molecule has 0 amide bonds. The Morgan fingerprint density at radius 1 is 0.833 bits per heavy atom. The lowest BCUT2D eigenvalue weighted by Crippen LogP contribution is -2.04. The van der Waals surface area contributed by atoms with E-state index in [9.17, 15) is 8.78 Å². The van der Waals surface area contributed by atoms with Gasteiger partial charge < -0.3 is 4.84 Å². The van der Waals surface area contributed by atoms with E-state index in [1.807, 2.05) is 0 Å². The molecule has 0 aliphatic rings. The zero-order valence-electron chi connectivity index (χ0n) is 9.73. The summed E-state index contributed by atoms with van der Waals surface area (Å²) in [6, 6.07) is 11.7. The monoisotopic (exact) mass is 247 g/mol. The Labute approximate surface area is 104 Å². The fourth-order valence-corrected chi connectivity index (χ4v) is 1.58. The van der Waals surface area contributed by atoms with Crippen LogP contribution < -0.4 is 0 Å². The van der Waals surface area contributed by atoms with Crippen molar-refractivity contribution in [3.8, 4) is 0 Å². The molecule has 0 heterocycles. The highest BCUT2D eigenvalue weighted by atomic mass is 19.1. The van der Waals surface area contributed by atoms with Crippen molar-refractivity contribution in [1.82, 2.24) is 0 Å². The number of benzene rings is 2. The van der Waals surface area contributed by atoms with Gasteiger partial charge in [-0.1, -0.05) is 5.16 Å². The molecule has 2 aromatic rings. The molecule has 2 nitrogen and oxygen atoms in total. The van der Waals surface area contributed by atoms with Crippen molar-refractivity contribution in [3.63, 3.8) is 0 Å². The first-order valence-corrected chi connectivity index (χ1v) is 5.34. The van der Waals surface area contributed by atoms with E-state index in [0.717, 1.165) is 0 Å². The number of nitrogens with zero attached hydrogens (tertiary/aromatic N) is 1. The molecule has 0 atom stereocenters. The quantitative estimate of drug-likeness (QED) is 0.602. The zero-order valence-corrected chi connectivity index (χ0v) is 9.73. The van der Waals surface area contributed by atoms with Gasteiger partial charge in [0.15, 0.2) is 0 Å². The molecule has 92 valence electrons. The summed E-state index contributed by atoms with van der Waals surface area (Å²) in [5.74, 6) is -0.649. The molecular weight excluding hydrogens is 236 g/mol. The van der Waals surface area contributed by atoms with Crippen molar-refractivity contribution >= 4 is 5.71 Å². The van der Waals surface area contributed by atoms with Crippen molar-refractivity contribution in [2.24, 2.45) is 5.16 Å².